The highest BCUT2D eigenvalue weighted by Gasteiger charge is 2.21. The third-order valence-corrected chi connectivity index (χ3v) is 3.28. The summed E-state index contributed by atoms with van der Waals surface area (Å²) in [6.45, 7) is 1.96. The number of anilines is 1. The van der Waals surface area contributed by atoms with Crippen molar-refractivity contribution >= 4 is 29.1 Å². The average Bonchev–Trinajstić information content (AvgIpc) is 2.94. The molecule has 0 atom stereocenters. The number of carboxylic acid groups (broad SMARTS) is 1. The number of carboxylic acids is 1. The van der Waals surface area contributed by atoms with Crippen LogP contribution in [0.5, 0.6) is 0 Å². The second-order valence-electron chi connectivity index (χ2n) is 4.18. The van der Waals surface area contributed by atoms with Gasteiger partial charge in [0.05, 0.1) is 6.42 Å². The van der Waals surface area contributed by atoms with Crippen LogP contribution in [-0.2, 0) is 4.79 Å². The Bertz CT molecular complexity index is 613. The minimum Gasteiger partial charge on any atom is -0.481 e. The minimum atomic E-state index is -0.951. The van der Waals surface area contributed by atoms with Crippen molar-refractivity contribution in [2.24, 2.45) is 0 Å². The molecule has 0 aliphatic rings. The zero-order valence-corrected chi connectivity index (χ0v) is 11.6. The van der Waals surface area contributed by atoms with Gasteiger partial charge in [-0.1, -0.05) is 22.7 Å². The van der Waals surface area contributed by atoms with Gasteiger partial charge in [0.2, 0.25) is 0 Å². The molecular weight excluding hydrogens is 278 g/mol. The molecule has 1 heterocycles. The van der Waals surface area contributed by atoms with Crippen LogP contribution >= 0.6 is 11.5 Å². The first kappa shape index (κ1) is 14.1. The zero-order chi connectivity index (χ0) is 14.5. The van der Waals surface area contributed by atoms with Crippen LogP contribution in [0.2, 0.25) is 0 Å². The summed E-state index contributed by atoms with van der Waals surface area (Å²) in [7, 11) is 0. The number of aliphatic carboxylic acids is 1. The van der Waals surface area contributed by atoms with Crippen molar-refractivity contribution in [3.8, 4) is 0 Å². The van der Waals surface area contributed by atoms with E-state index < -0.39 is 5.97 Å². The van der Waals surface area contributed by atoms with Gasteiger partial charge in [-0.15, -0.1) is 5.10 Å². The van der Waals surface area contributed by atoms with Crippen molar-refractivity contribution in [2.45, 2.75) is 13.3 Å². The van der Waals surface area contributed by atoms with Crippen LogP contribution in [0.4, 0.5) is 5.69 Å². The summed E-state index contributed by atoms with van der Waals surface area (Å²) in [5.41, 5.74) is 1.81. The maximum absolute atomic E-state index is 12.4. The molecule has 0 saturated heterocycles. The normalized spacial score (nSPS) is 10.2. The number of aryl methyl sites for hydroxylation is 1. The van der Waals surface area contributed by atoms with Crippen molar-refractivity contribution in [3.05, 3.63) is 40.9 Å². The van der Waals surface area contributed by atoms with E-state index in [1.54, 1.807) is 11.4 Å². The molecule has 2 aromatic rings. The molecule has 0 bridgehead atoms. The lowest BCUT2D eigenvalue weighted by Crippen LogP contribution is -2.33. The quantitative estimate of drug-likeness (QED) is 0.910. The number of aromatic nitrogens is 2. The Morgan fingerprint density at radius 1 is 1.35 bits per heavy atom. The summed E-state index contributed by atoms with van der Waals surface area (Å²) >= 11 is 1.08. The largest absolute Gasteiger partial charge is 0.481 e. The molecule has 20 heavy (non-hydrogen) atoms. The van der Waals surface area contributed by atoms with E-state index in [0.717, 1.165) is 17.1 Å². The fourth-order valence-corrected chi connectivity index (χ4v) is 2.23. The van der Waals surface area contributed by atoms with E-state index in [1.165, 1.54) is 4.90 Å². The Kier molecular flexibility index (Phi) is 4.41. The Morgan fingerprint density at radius 3 is 2.70 bits per heavy atom. The van der Waals surface area contributed by atoms with Crippen LogP contribution in [0.25, 0.3) is 0 Å². The fourth-order valence-electron chi connectivity index (χ4n) is 1.80. The van der Waals surface area contributed by atoms with Crippen LogP contribution in [0, 0.1) is 6.92 Å². The standard InChI is InChI=1S/C13H13N3O3S/c1-9-4-2-3-5-11(9)16(7-6-12(17)18)13(19)10-8-20-15-14-10/h2-5,8H,6-7H2,1H3,(H,17,18). The second-order valence-corrected chi connectivity index (χ2v) is 4.79. The van der Waals surface area contributed by atoms with Crippen LogP contribution in [0.1, 0.15) is 22.5 Å². The number of hydrogen-bond donors (Lipinski definition) is 1. The van der Waals surface area contributed by atoms with Crippen molar-refractivity contribution < 1.29 is 14.7 Å². The Labute approximate surface area is 119 Å². The predicted molar refractivity (Wildman–Crippen MR) is 75.0 cm³/mol. The molecule has 1 aromatic carbocycles. The van der Waals surface area contributed by atoms with E-state index in [2.05, 4.69) is 9.59 Å². The molecular formula is C13H13N3O3S. The highest BCUT2D eigenvalue weighted by molar-refractivity contribution is 7.03. The summed E-state index contributed by atoms with van der Waals surface area (Å²) in [6, 6.07) is 7.33. The maximum atomic E-state index is 12.4. The van der Waals surface area contributed by atoms with Gasteiger partial charge in [0.15, 0.2) is 5.69 Å². The first-order valence-electron chi connectivity index (χ1n) is 5.96. The maximum Gasteiger partial charge on any atom is 0.305 e. The molecule has 1 N–H and O–H groups in total. The molecule has 0 radical (unpaired) electrons. The van der Waals surface area contributed by atoms with Crippen molar-refractivity contribution in [3.63, 3.8) is 0 Å². The molecule has 6 nitrogen and oxygen atoms in total. The molecule has 0 aliphatic carbocycles. The molecule has 0 fully saturated rings. The van der Waals surface area contributed by atoms with E-state index in [1.807, 2.05) is 25.1 Å². The Balaban J connectivity index is 2.32. The number of nitrogens with zero attached hydrogens (tertiary/aromatic N) is 3. The first-order valence-corrected chi connectivity index (χ1v) is 6.79. The van der Waals surface area contributed by atoms with Gasteiger partial charge in [0.25, 0.3) is 5.91 Å². The lowest BCUT2D eigenvalue weighted by Gasteiger charge is -2.22. The predicted octanol–water partition coefficient (Wildman–Crippen LogP) is 1.97. The van der Waals surface area contributed by atoms with Crippen molar-refractivity contribution in [2.75, 3.05) is 11.4 Å². The highest BCUT2D eigenvalue weighted by Crippen LogP contribution is 2.21. The Hall–Kier alpha value is -2.28. The Morgan fingerprint density at radius 2 is 2.10 bits per heavy atom. The van der Waals surface area contributed by atoms with Gasteiger partial charge in [0.1, 0.15) is 0 Å². The molecule has 0 aliphatic heterocycles. The third-order valence-electron chi connectivity index (χ3n) is 2.78. The van der Waals surface area contributed by atoms with E-state index in [0.29, 0.717) is 5.69 Å². The summed E-state index contributed by atoms with van der Waals surface area (Å²) in [4.78, 5) is 24.6. The molecule has 0 unspecified atom stereocenters. The highest BCUT2D eigenvalue weighted by atomic mass is 32.1. The van der Waals surface area contributed by atoms with Gasteiger partial charge in [-0.2, -0.15) is 0 Å². The SMILES string of the molecule is Cc1ccccc1N(CCC(=O)O)C(=O)c1csnn1. The number of carbonyl (C=O) groups is 2. The minimum absolute atomic E-state index is 0.0938. The van der Waals surface area contributed by atoms with Crippen LogP contribution < -0.4 is 4.90 Å². The van der Waals surface area contributed by atoms with Crippen LogP contribution in [0.3, 0.4) is 0 Å². The van der Waals surface area contributed by atoms with E-state index >= 15 is 0 Å². The molecule has 104 valence electrons. The van der Waals surface area contributed by atoms with Gasteiger partial charge in [0, 0.05) is 17.6 Å². The van der Waals surface area contributed by atoms with Crippen molar-refractivity contribution in [1.82, 2.24) is 9.59 Å². The van der Waals surface area contributed by atoms with Gasteiger partial charge in [-0.05, 0) is 30.1 Å². The third kappa shape index (κ3) is 3.18. The summed E-state index contributed by atoms with van der Waals surface area (Å²) in [6.07, 6.45) is -0.127. The van der Waals surface area contributed by atoms with Gasteiger partial charge >= 0.3 is 5.97 Å². The number of amides is 1. The lowest BCUT2D eigenvalue weighted by atomic mass is 10.1. The molecule has 1 amide bonds. The molecule has 1 aromatic heterocycles. The summed E-state index contributed by atoms with van der Waals surface area (Å²) in [5.74, 6) is -1.29. The molecule has 0 spiro atoms. The van der Waals surface area contributed by atoms with Gasteiger partial charge in [-0.3, -0.25) is 9.59 Å². The van der Waals surface area contributed by atoms with Crippen molar-refractivity contribution in [1.29, 1.82) is 0 Å². The number of benzene rings is 1. The summed E-state index contributed by atoms with van der Waals surface area (Å²) < 4.78 is 3.66. The molecule has 7 heteroatoms. The van der Waals surface area contributed by atoms with E-state index in [4.69, 9.17) is 5.11 Å². The van der Waals surface area contributed by atoms with Gasteiger partial charge < -0.3 is 10.0 Å². The van der Waals surface area contributed by atoms with Crippen LogP contribution in [-0.4, -0.2) is 33.1 Å². The topological polar surface area (TPSA) is 83.4 Å². The fraction of sp³-hybridized carbons (Fsp3) is 0.231. The smallest absolute Gasteiger partial charge is 0.305 e. The summed E-state index contributed by atoms with van der Waals surface area (Å²) in [5, 5.41) is 14.1. The lowest BCUT2D eigenvalue weighted by molar-refractivity contribution is -0.136. The molecule has 0 saturated carbocycles. The van der Waals surface area contributed by atoms with Crippen LogP contribution in [0.15, 0.2) is 29.6 Å². The number of para-hydroxylation sites is 1. The zero-order valence-electron chi connectivity index (χ0n) is 10.8. The number of rotatable bonds is 5. The monoisotopic (exact) mass is 291 g/mol. The van der Waals surface area contributed by atoms with Gasteiger partial charge in [-0.25, -0.2) is 0 Å². The van der Waals surface area contributed by atoms with E-state index in [-0.39, 0.29) is 24.6 Å². The number of carbonyl (C=O) groups excluding carboxylic acids is 1. The first-order chi connectivity index (χ1) is 9.59. The number of hydrogen-bond acceptors (Lipinski definition) is 5. The second kappa shape index (κ2) is 6.25. The average molecular weight is 291 g/mol. The van der Waals surface area contributed by atoms with E-state index in [9.17, 15) is 9.59 Å². The molecule has 2 rings (SSSR count).